The molecule has 1 aliphatic heterocycles. The number of halogens is 1. The van der Waals surface area contributed by atoms with Crippen LogP contribution in [0.25, 0.3) is 0 Å². The molecule has 1 atom stereocenters. The molecule has 0 fully saturated rings. The van der Waals surface area contributed by atoms with Gasteiger partial charge in [0.05, 0.1) is 37.1 Å². The molecule has 0 spiro atoms. The summed E-state index contributed by atoms with van der Waals surface area (Å²) in [6, 6.07) is 14.7. The fraction of sp³-hybridized carbons (Fsp3) is 0.227. The largest absolute Gasteiger partial charge is 0.491 e. The van der Waals surface area contributed by atoms with Crippen LogP contribution in [0.3, 0.4) is 0 Å². The highest BCUT2D eigenvalue weighted by molar-refractivity contribution is 6.32. The van der Waals surface area contributed by atoms with Gasteiger partial charge in [-0.15, -0.1) is 0 Å². The number of ether oxygens (including phenoxy) is 2. The molecule has 1 amide bonds. The van der Waals surface area contributed by atoms with Gasteiger partial charge in [0.25, 0.3) is 5.91 Å². The van der Waals surface area contributed by atoms with Crippen molar-refractivity contribution in [2.24, 2.45) is 0 Å². The zero-order valence-electron chi connectivity index (χ0n) is 16.1. The number of methoxy groups -OCH3 is 1. The van der Waals surface area contributed by atoms with Crippen LogP contribution < -0.4 is 14.8 Å². The molecule has 0 unspecified atom stereocenters. The van der Waals surface area contributed by atoms with E-state index in [1.807, 2.05) is 43.3 Å². The molecule has 6 nitrogen and oxygen atoms in total. The number of carbonyl (C=O) groups is 1. The van der Waals surface area contributed by atoms with Crippen LogP contribution in [0.15, 0.2) is 59.2 Å². The van der Waals surface area contributed by atoms with Crippen LogP contribution in [0.5, 0.6) is 11.5 Å². The number of carbonyl (C=O) groups excluding carboxylic acids is 1. The lowest BCUT2D eigenvalue weighted by molar-refractivity contribution is 0.0651. The quantitative estimate of drug-likeness (QED) is 0.609. The molecular formula is C22H21ClN2O4. The molecule has 0 radical (unpaired) electrons. The maximum absolute atomic E-state index is 13.3. The monoisotopic (exact) mass is 412 g/mol. The van der Waals surface area contributed by atoms with E-state index in [0.717, 1.165) is 11.3 Å². The maximum atomic E-state index is 13.3. The Hall–Kier alpha value is -3.12. The van der Waals surface area contributed by atoms with Gasteiger partial charge in [-0.05, 0) is 43.3 Å². The summed E-state index contributed by atoms with van der Waals surface area (Å²) in [4.78, 5) is 15.0. The Morgan fingerprint density at radius 3 is 2.76 bits per heavy atom. The molecule has 0 saturated heterocycles. The summed E-state index contributed by atoms with van der Waals surface area (Å²) < 4.78 is 16.6. The van der Waals surface area contributed by atoms with Gasteiger partial charge in [-0.1, -0.05) is 23.7 Å². The number of amides is 1. The van der Waals surface area contributed by atoms with E-state index in [1.165, 1.54) is 0 Å². The van der Waals surface area contributed by atoms with Gasteiger partial charge in [0.2, 0.25) is 0 Å². The van der Waals surface area contributed by atoms with E-state index in [1.54, 1.807) is 30.4 Å². The molecule has 2 aromatic carbocycles. The van der Waals surface area contributed by atoms with Crippen molar-refractivity contribution in [1.82, 2.24) is 4.90 Å². The number of furan rings is 1. The van der Waals surface area contributed by atoms with Crippen molar-refractivity contribution in [2.45, 2.75) is 19.6 Å². The third-order valence-electron chi connectivity index (χ3n) is 4.78. The summed E-state index contributed by atoms with van der Waals surface area (Å²) in [6.07, 6.45) is 1.14. The second kappa shape index (κ2) is 8.09. The number of nitrogens with zero attached hydrogens (tertiary/aromatic N) is 1. The topological polar surface area (TPSA) is 63.9 Å². The van der Waals surface area contributed by atoms with Crippen LogP contribution in [0, 0.1) is 0 Å². The molecule has 150 valence electrons. The minimum absolute atomic E-state index is 0.0920. The molecule has 2 heterocycles. The van der Waals surface area contributed by atoms with E-state index in [4.69, 9.17) is 25.5 Å². The average Bonchev–Trinajstić information content (AvgIpc) is 3.23. The molecule has 1 N–H and O–H groups in total. The number of nitrogens with one attached hydrogen (secondary N) is 1. The maximum Gasteiger partial charge on any atom is 0.258 e. The van der Waals surface area contributed by atoms with Crippen molar-refractivity contribution in [3.05, 3.63) is 76.7 Å². The molecule has 29 heavy (non-hydrogen) atoms. The second-order valence-corrected chi connectivity index (χ2v) is 6.98. The predicted molar refractivity (Wildman–Crippen MR) is 111 cm³/mol. The Bertz CT molecular complexity index is 1020. The van der Waals surface area contributed by atoms with E-state index in [-0.39, 0.29) is 5.91 Å². The van der Waals surface area contributed by atoms with E-state index in [2.05, 4.69) is 5.32 Å². The zero-order valence-corrected chi connectivity index (χ0v) is 16.9. The van der Waals surface area contributed by atoms with Crippen molar-refractivity contribution < 1.29 is 18.7 Å². The first kappa shape index (κ1) is 19.2. The number of anilines is 1. The highest BCUT2D eigenvalue weighted by Gasteiger charge is 2.34. The molecule has 4 rings (SSSR count). The number of para-hydroxylation sites is 1. The minimum atomic E-state index is -0.454. The molecule has 3 aromatic rings. The van der Waals surface area contributed by atoms with E-state index < -0.39 is 6.17 Å². The number of hydrogen-bond acceptors (Lipinski definition) is 5. The third kappa shape index (κ3) is 3.63. The number of fused-ring (bicyclic) bond motifs is 1. The summed E-state index contributed by atoms with van der Waals surface area (Å²) in [5.41, 5.74) is 2.16. The van der Waals surface area contributed by atoms with Gasteiger partial charge >= 0.3 is 0 Å². The Morgan fingerprint density at radius 2 is 2.03 bits per heavy atom. The summed E-state index contributed by atoms with van der Waals surface area (Å²) >= 11 is 6.46. The normalized spacial score (nSPS) is 15.6. The number of hydrogen-bond donors (Lipinski definition) is 1. The van der Waals surface area contributed by atoms with E-state index in [0.29, 0.717) is 41.0 Å². The lowest BCUT2D eigenvalue weighted by Gasteiger charge is -2.38. The Kier molecular flexibility index (Phi) is 5.36. The predicted octanol–water partition coefficient (Wildman–Crippen LogP) is 5.11. The van der Waals surface area contributed by atoms with Crippen LogP contribution in [0.1, 0.15) is 34.8 Å². The summed E-state index contributed by atoms with van der Waals surface area (Å²) in [5.74, 6) is 1.60. The highest BCUT2D eigenvalue weighted by atomic mass is 35.5. The molecule has 7 heteroatoms. The fourth-order valence-corrected chi connectivity index (χ4v) is 3.79. The van der Waals surface area contributed by atoms with Crippen molar-refractivity contribution in [2.75, 3.05) is 19.0 Å². The first-order valence-corrected chi connectivity index (χ1v) is 9.69. The van der Waals surface area contributed by atoms with Gasteiger partial charge in [-0.25, -0.2) is 0 Å². The lowest BCUT2D eigenvalue weighted by atomic mass is 10.0. The molecule has 0 aliphatic carbocycles. The van der Waals surface area contributed by atoms with E-state index in [9.17, 15) is 4.79 Å². The lowest BCUT2D eigenvalue weighted by Crippen LogP contribution is -2.42. The third-order valence-corrected chi connectivity index (χ3v) is 5.06. The molecule has 0 saturated carbocycles. The summed E-state index contributed by atoms with van der Waals surface area (Å²) in [7, 11) is 1.55. The number of rotatable bonds is 6. The summed E-state index contributed by atoms with van der Waals surface area (Å²) in [6.45, 7) is 2.67. The Morgan fingerprint density at radius 1 is 1.21 bits per heavy atom. The van der Waals surface area contributed by atoms with Gasteiger partial charge in [0.15, 0.2) is 11.5 Å². The van der Waals surface area contributed by atoms with Crippen molar-refractivity contribution in [1.29, 1.82) is 0 Å². The van der Waals surface area contributed by atoms with Crippen molar-refractivity contribution >= 4 is 23.2 Å². The van der Waals surface area contributed by atoms with Crippen molar-refractivity contribution in [3.8, 4) is 11.5 Å². The first-order valence-electron chi connectivity index (χ1n) is 9.31. The molecule has 0 bridgehead atoms. The molecule has 1 aliphatic rings. The van der Waals surface area contributed by atoms with Crippen LogP contribution in [0.2, 0.25) is 5.02 Å². The van der Waals surface area contributed by atoms with Crippen LogP contribution >= 0.6 is 11.6 Å². The van der Waals surface area contributed by atoms with Crippen molar-refractivity contribution in [3.63, 3.8) is 0 Å². The average molecular weight is 413 g/mol. The van der Waals surface area contributed by atoms with Gasteiger partial charge in [-0.3, -0.25) is 4.79 Å². The standard InChI is InChI=1S/C22H21ClN2O4/c1-3-28-19-12-14(11-17(23)20(19)27-2)21-24-18-9-5-4-8-16(18)22(26)25(21)13-15-7-6-10-29-15/h4-12,21,24H,3,13H2,1-2H3/t21-/m1/s1. The Balaban J connectivity index is 1.80. The smallest absolute Gasteiger partial charge is 0.258 e. The van der Waals surface area contributed by atoms with Gasteiger partial charge in [0, 0.05) is 11.3 Å². The minimum Gasteiger partial charge on any atom is -0.491 e. The van der Waals surface area contributed by atoms with Gasteiger partial charge < -0.3 is 24.1 Å². The second-order valence-electron chi connectivity index (χ2n) is 6.57. The zero-order chi connectivity index (χ0) is 20.4. The Labute approximate surface area is 174 Å². The number of benzene rings is 2. The molecule has 1 aromatic heterocycles. The molecular weight excluding hydrogens is 392 g/mol. The van der Waals surface area contributed by atoms with Crippen LogP contribution in [-0.2, 0) is 6.54 Å². The van der Waals surface area contributed by atoms with Gasteiger partial charge in [0.1, 0.15) is 11.9 Å². The van der Waals surface area contributed by atoms with Crippen LogP contribution in [-0.4, -0.2) is 24.5 Å². The van der Waals surface area contributed by atoms with Gasteiger partial charge in [-0.2, -0.15) is 0 Å². The first-order chi connectivity index (χ1) is 14.1. The SMILES string of the molecule is CCOc1cc([C@@H]2Nc3ccccc3C(=O)N2Cc2ccco2)cc(Cl)c1OC. The highest BCUT2D eigenvalue weighted by Crippen LogP contribution is 2.41. The van der Waals surface area contributed by atoms with Crippen LogP contribution in [0.4, 0.5) is 5.69 Å². The fourth-order valence-electron chi connectivity index (χ4n) is 3.50. The summed E-state index contributed by atoms with van der Waals surface area (Å²) in [5, 5.41) is 3.86. The van der Waals surface area contributed by atoms with E-state index >= 15 is 0 Å².